The summed E-state index contributed by atoms with van der Waals surface area (Å²) in [5.41, 5.74) is 2.40. The average molecular weight is 356 g/mol. The zero-order chi connectivity index (χ0) is 17.8. The molecule has 2 aromatic rings. The first-order valence-corrected chi connectivity index (χ1v) is 9.57. The lowest BCUT2D eigenvalue weighted by atomic mass is 10.1. The number of anilines is 1. The highest BCUT2D eigenvalue weighted by Gasteiger charge is 2.19. The van der Waals surface area contributed by atoms with Gasteiger partial charge in [-0.2, -0.15) is 0 Å². The first kappa shape index (κ1) is 17.7. The predicted molar refractivity (Wildman–Crippen MR) is 103 cm³/mol. The maximum Gasteiger partial charge on any atom is 0.263 e. The van der Waals surface area contributed by atoms with Gasteiger partial charge in [-0.15, -0.1) is 11.3 Å². The van der Waals surface area contributed by atoms with Crippen LogP contribution in [0.5, 0.6) is 0 Å². The molecule has 0 N–H and O–H groups in total. The minimum atomic E-state index is -0.0362. The van der Waals surface area contributed by atoms with Gasteiger partial charge in [-0.05, 0) is 49.9 Å². The molecule has 1 aromatic heterocycles. The summed E-state index contributed by atoms with van der Waals surface area (Å²) in [5, 5.41) is 0. The fourth-order valence-corrected chi connectivity index (χ4v) is 4.14. The number of carbonyl (C=O) groups excluding carboxylic acids is 2. The second-order valence-corrected chi connectivity index (χ2v) is 7.64. The number of nitrogens with zero attached hydrogens (tertiary/aromatic N) is 2. The Morgan fingerprint density at radius 1 is 1.04 bits per heavy atom. The number of thiophene rings is 1. The first-order valence-electron chi connectivity index (χ1n) is 8.75. The Balaban J connectivity index is 1.74. The normalized spacial score (nSPS) is 14.4. The number of hydrogen-bond acceptors (Lipinski definition) is 4. The minimum absolute atomic E-state index is 0.00199. The number of Topliss-reactive ketones (excluding diaryl/α,β-unsaturated/α-hetero) is 1. The summed E-state index contributed by atoms with van der Waals surface area (Å²) in [4.78, 5) is 29.5. The lowest BCUT2D eigenvalue weighted by Crippen LogP contribution is -2.32. The summed E-state index contributed by atoms with van der Waals surface area (Å²) in [5.74, 6) is -0.0342. The van der Waals surface area contributed by atoms with E-state index in [2.05, 4.69) is 23.1 Å². The molecule has 25 heavy (non-hydrogen) atoms. The Bertz CT molecular complexity index is 763. The van der Waals surface area contributed by atoms with Crippen LogP contribution < -0.4 is 4.90 Å². The molecule has 1 aliphatic rings. The topological polar surface area (TPSA) is 40.6 Å². The third kappa shape index (κ3) is 4.10. The molecule has 1 saturated heterocycles. The van der Waals surface area contributed by atoms with Gasteiger partial charge in [-0.25, -0.2) is 0 Å². The van der Waals surface area contributed by atoms with E-state index in [4.69, 9.17) is 0 Å². The molecule has 1 aliphatic heterocycles. The molecule has 1 fully saturated rings. The van der Waals surface area contributed by atoms with E-state index in [9.17, 15) is 9.59 Å². The number of carbonyl (C=O) groups is 2. The summed E-state index contributed by atoms with van der Waals surface area (Å²) < 4.78 is 0. The molecule has 0 atom stereocenters. The third-order valence-electron chi connectivity index (χ3n) is 4.61. The number of benzene rings is 1. The van der Waals surface area contributed by atoms with Gasteiger partial charge in [0.25, 0.3) is 5.91 Å². The highest BCUT2D eigenvalue weighted by Crippen LogP contribution is 2.26. The zero-order valence-electron chi connectivity index (χ0n) is 14.8. The summed E-state index contributed by atoms with van der Waals surface area (Å²) >= 11 is 1.27. The molecule has 1 amide bonds. The summed E-state index contributed by atoms with van der Waals surface area (Å²) in [6, 6.07) is 11.8. The van der Waals surface area contributed by atoms with Crippen molar-refractivity contribution < 1.29 is 9.59 Å². The second-order valence-electron chi connectivity index (χ2n) is 6.56. The molecule has 0 unspecified atom stereocenters. The van der Waals surface area contributed by atoms with Crippen LogP contribution in [0.1, 0.15) is 51.1 Å². The van der Waals surface area contributed by atoms with Crippen molar-refractivity contribution in [1.29, 1.82) is 0 Å². The third-order valence-corrected chi connectivity index (χ3v) is 5.78. The second kappa shape index (κ2) is 7.83. The number of hydrogen-bond donors (Lipinski definition) is 0. The largest absolute Gasteiger partial charge is 0.371 e. The molecule has 5 heteroatoms. The van der Waals surface area contributed by atoms with Gasteiger partial charge in [-0.1, -0.05) is 18.2 Å². The molecule has 0 aliphatic carbocycles. The van der Waals surface area contributed by atoms with Crippen LogP contribution >= 0.6 is 11.3 Å². The molecule has 1 aromatic carbocycles. The van der Waals surface area contributed by atoms with Crippen LogP contribution in [0.4, 0.5) is 5.69 Å². The molecule has 0 saturated carbocycles. The molecular formula is C20H24N2O2S. The van der Waals surface area contributed by atoms with Crippen molar-refractivity contribution in [2.24, 2.45) is 0 Å². The maximum atomic E-state index is 12.7. The van der Waals surface area contributed by atoms with E-state index in [0.29, 0.717) is 16.3 Å². The quantitative estimate of drug-likeness (QED) is 0.754. The Hall–Kier alpha value is -2.14. The van der Waals surface area contributed by atoms with Gasteiger partial charge in [0, 0.05) is 32.4 Å². The lowest BCUT2D eigenvalue weighted by molar-refractivity contribution is 0.0790. The molecule has 2 heterocycles. The Morgan fingerprint density at radius 3 is 2.40 bits per heavy atom. The van der Waals surface area contributed by atoms with Gasteiger partial charge in [0.1, 0.15) is 0 Å². The van der Waals surface area contributed by atoms with Gasteiger partial charge in [0.15, 0.2) is 5.78 Å². The number of para-hydroxylation sites is 1. The zero-order valence-corrected chi connectivity index (χ0v) is 15.6. The Labute approximate surface area is 153 Å². The summed E-state index contributed by atoms with van der Waals surface area (Å²) in [7, 11) is 1.82. The molecule has 4 nitrogen and oxygen atoms in total. The molecule has 0 radical (unpaired) electrons. The van der Waals surface area contributed by atoms with Gasteiger partial charge >= 0.3 is 0 Å². The number of amides is 1. The molecule has 3 rings (SSSR count). The van der Waals surface area contributed by atoms with E-state index in [1.54, 1.807) is 17.0 Å². The first-order chi connectivity index (χ1) is 12.1. The van der Waals surface area contributed by atoms with Gasteiger partial charge in [0.2, 0.25) is 0 Å². The van der Waals surface area contributed by atoms with Crippen LogP contribution in [0.3, 0.4) is 0 Å². The molecule has 0 spiro atoms. The smallest absolute Gasteiger partial charge is 0.263 e. The molecule has 0 bridgehead atoms. The lowest BCUT2D eigenvalue weighted by Gasteiger charge is -2.31. The van der Waals surface area contributed by atoms with Gasteiger partial charge < -0.3 is 9.80 Å². The Kier molecular flexibility index (Phi) is 5.53. The number of rotatable bonds is 5. The van der Waals surface area contributed by atoms with Gasteiger partial charge in [-0.3, -0.25) is 9.59 Å². The van der Waals surface area contributed by atoms with E-state index in [1.807, 2.05) is 13.1 Å². The van der Waals surface area contributed by atoms with E-state index in [-0.39, 0.29) is 11.7 Å². The van der Waals surface area contributed by atoms with Crippen molar-refractivity contribution in [3.05, 3.63) is 51.7 Å². The monoisotopic (exact) mass is 356 g/mol. The maximum absolute atomic E-state index is 12.7. The standard InChI is InChI=1S/C20H24N2O2S/c1-15(23)18-10-11-19(25-18)20(24)21(2)14-16-8-4-5-9-17(16)22-12-6-3-7-13-22/h4-5,8-11H,3,6-7,12-14H2,1-2H3. The average Bonchev–Trinajstić information content (AvgIpc) is 3.12. The van der Waals surface area contributed by atoms with Crippen LogP contribution in [0, 0.1) is 0 Å². The Morgan fingerprint density at radius 2 is 1.72 bits per heavy atom. The van der Waals surface area contributed by atoms with E-state index >= 15 is 0 Å². The highest BCUT2D eigenvalue weighted by molar-refractivity contribution is 7.15. The van der Waals surface area contributed by atoms with Crippen molar-refractivity contribution >= 4 is 28.7 Å². The van der Waals surface area contributed by atoms with Crippen molar-refractivity contribution in [1.82, 2.24) is 4.90 Å². The van der Waals surface area contributed by atoms with Crippen LogP contribution in [0.2, 0.25) is 0 Å². The van der Waals surface area contributed by atoms with Crippen LogP contribution in [-0.2, 0) is 6.54 Å². The van der Waals surface area contributed by atoms with Gasteiger partial charge in [0.05, 0.1) is 9.75 Å². The molecular weight excluding hydrogens is 332 g/mol. The van der Waals surface area contributed by atoms with E-state index < -0.39 is 0 Å². The van der Waals surface area contributed by atoms with Crippen molar-refractivity contribution in [2.75, 3.05) is 25.0 Å². The van der Waals surface area contributed by atoms with Crippen LogP contribution in [0.25, 0.3) is 0 Å². The van der Waals surface area contributed by atoms with Crippen molar-refractivity contribution in [3.8, 4) is 0 Å². The van der Waals surface area contributed by atoms with E-state index in [0.717, 1.165) is 13.1 Å². The predicted octanol–water partition coefficient (Wildman–Crippen LogP) is 4.21. The highest BCUT2D eigenvalue weighted by atomic mass is 32.1. The van der Waals surface area contributed by atoms with Crippen molar-refractivity contribution in [2.45, 2.75) is 32.7 Å². The van der Waals surface area contributed by atoms with Crippen LogP contribution in [0.15, 0.2) is 36.4 Å². The van der Waals surface area contributed by atoms with E-state index in [1.165, 1.54) is 48.8 Å². The van der Waals surface area contributed by atoms with Crippen molar-refractivity contribution in [3.63, 3.8) is 0 Å². The van der Waals surface area contributed by atoms with Crippen LogP contribution in [-0.4, -0.2) is 36.7 Å². The fourth-order valence-electron chi connectivity index (χ4n) is 3.25. The number of ketones is 1. The summed E-state index contributed by atoms with van der Waals surface area (Å²) in [6.07, 6.45) is 3.76. The molecule has 132 valence electrons. The summed E-state index contributed by atoms with van der Waals surface area (Å²) in [6.45, 7) is 4.26. The minimum Gasteiger partial charge on any atom is -0.371 e. The fraction of sp³-hybridized carbons (Fsp3) is 0.400. The number of piperidine rings is 1. The SMILES string of the molecule is CC(=O)c1ccc(C(=O)N(C)Cc2ccccc2N2CCCCC2)s1.